The first-order valence-corrected chi connectivity index (χ1v) is 28.1. The topological polar surface area (TPSA) is 0 Å². The van der Waals surface area contributed by atoms with Crippen LogP contribution in [0, 0.1) is 0 Å². The van der Waals surface area contributed by atoms with Crippen molar-refractivity contribution in [2.75, 3.05) is 0 Å². The van der Waals surface area contributed by atoms with Crippen LogP contribution < -0.4 is 0 Å². The average molecular weight is 1010 g/mol. The monoisotopic (exact) mass is 1010 g/mol. The highest BCUT2D eigenvalue weighted by Gasteiger charge is 2.30. The fourth-order valence-corrected chi connectivity index (χ4v) is 15.7. The molecule has 0 aliphatic heterocycles. The molecule has 0 saturated heterocycles. The molecule has 4 aliphatic rings. The van der Waals surface area contributed by atoms with Crippen LogP contribution in [-0.4, -0.2) is 0 Å². The Balaban J connectivity index is 0.000000120. The summed E-state index contributed by atoms with van der Waals surface area (Å²) in [6, 6.07) is 96.1. The number of benzene rings is 17. The first kappa shape index (κ1) is 41.7. The number of fused-ring (bicyclic) bond motifs is 18. The van der Waals surface area contributed by atoms with Gasteiger partial charge in [0.1, 0.15) is 0 Å². The lowest BCUT2D eigenvalue weighted by Gasteiger charge is -2.16. The van der Waals surface area contributed by atoms with Crippen LogP contribution in [-0.2, 0) is 0 Å². The van der Waals surface area contributed by atoms with E-state index in [4.69, 9.17) is 0 Å². The number of hydrogen-bond donors (Lipinski definition) is 0. The van der Waals surface area contributed by atoms with Gasteiger partial charge in [-0.05, 0) is 256 Å². The maximum atomic E-state index is 2.39. The highest BCUT2D eigenvalue weighted by Crippen LogP contribution is 2.58. The van der Waals surface area contributed by atoms with Crippen molar-refractivity contribution >= 4 is 108 Å². The molecule has 80 heavy (non-hydrogen) atoms. The van der Waals surface area contributed by atoms with Crippen LogP contribution in [0.1, 0.15) is 1.43 Å². The van der Waals surface area contributed by atoms with Crippen LogP contribution in [0.3, 0.4) is 0 Å². The van der Waals surface area contributed by atoms with E-state index in [1.54, 1.807) is 0 Å². The van der Waals surface area contributed by atoms with Crippen LogP contribution in [0.25, 0.3) is 208 Å². The van der Waals surface area contributed by atoms with Gasteiger partial charge in [-0.1, -0.05) is 206 Å². The van der Waals surface area contributed by atoms with Gasteiger partial charge in [0, 0.05) is 1.43 Å². The molecular weight excluding hydrogens is 961 g/mol. The van der Waals surface area contributed by atoms with Crippen molar-refractivity contribution in [2.45, 2.75) is 0 Å². The summed E-state index contributed by atoms with van der Waals surface area (Å²) in [6.07, 6.45) is 0. The molecule has 21 rings (SSSR count). The normalized spacial score (nSPS) is 12.8. The maximum absolute atomic E-state index is 2.39. The van der Waals surface area contributed by atoms with E-state index in [0.29, 0.717) is 0 Å². The van der Waals surface area contributed by atoms with Gasteiger partial charge in [0.15, 0.2) is 0 Å². The van der Waals surface area contributed by atoms with Gasteiger partial charge >= 0.3 is 0 Å². The lowest BCUT2D eigenvalue weighted by molar-refractivity contribution is 1.70. The van der Waals surface area contributed by atoms with Crippen LogP contribution in [0.2, 0.25) is 0 Å². The van der Waals surface area contributed by atoms with Gasteiger partial charge in [-0.2, -0.15) is 0 Å². The summed E-state index contributed by atoms with van der Waals surface area (Å²) in [5.74, 6) is 0. The first-order valence-electron chi connectivity index (χ1n) is 28.1. The Labute approximate surface area is 461 Å². The molecule has 17 aromatic carbocycles. The summed E-state index contributed by atoms with van der Waals surface area (Å²) < 4.78 is 0. The molecule has 0 radical (unpaired) electrons. The molecule has 0 aromatic heterocycles. The summed E-state index contributed by atoms with van der Waals surface area (Å²) in [7, 11) is 0. The van der Waals surface area contributed by atoms with E-state index in [-0.39, 0.29) is 1.43 Å². The molecule has 4 aliphatic carbocycles. The summed E-state index contributed by atoms with van der Waals surface area (Å²) in [5, 5.41) is 26.9. The zero-order valence-electron chi connectivity index (χ0n) is 43.2. The van der Waals surface area contributed by atoms with Crippen molar-refractivity contribution in [2.24, 2.45) is 0 Å². The van der Waals surface area contributed by atoms with Gasteiger partial charge in [0.2, 0.25) is 0 Å². The number of hydrogen-bond acceptors (Lipinski definition) is 0. The van der Waals surface area contributed by atoms with Crippen molar-refractivity contribution in [1.29, 1.82) is 0 Å². The third-order valence-electron chi connectivity index (χ3n) is 19.1. The lowest BCUT2D eigenvalue weighted by Crippen LogP contribution is -1.88. The molecule has 0 heterocycles. The standard InChI is InChI=1S/C40H20.C40H22.H2/c1-2-6-22-18-34-30-14-10-26-28-12-16-32-36-20-24-8-4-3-7-23(24)19-35(36)31-15-11-27(38(28)40(31)32)25-9-13-29(39(30)37(25)26)33(34)17-21(22)5-1;1-3-9-25-21-37-33-17-15-27(29-11-5-13-31(39(29)33)35(37)19-23(25)7-1)28-16-18-34-38-22-26-10-4-2-8-24(26)20-36(38)32-14-6-12-30(28)40(32)34;/h1-20H;1-22H;1H/i;;1+1. The second-order valence-electron chi connectivity index (χ2n) is 22.9. The fourth-order valence-electron chi connectivity index (χ4n) is 15.7. The Morgan fingerprint density at radius 3 is 0.600 bits per heavy atom. The molecule has 0 amide bonds. The zero-order chi connectivity index (χ0) is 51.6. The molecule has 17 aromatic rings. The zero-order valence-corrected chi connectivity index (χ0v) is 43.2. The Bertz CT molecular complexity index is 5150. The second-order valence-corrected chi connectivity index (χ2v) is 22.9. The summed E-state index contributed by atoms with van der Waals surface area (Å²) in [4.78, 5) is 0. The highest BCUT2D eigenvalue weighted by molar-refractivity contribution is 6.40. The molecule has 0 heteroatoms. The summed E-state index contributed by atoms with van der Waals surface area (Å²) in [6.45, 7) is 0. The quantitative estimate of drug-likeness (QED) is 0.114. The van der Waals surface area contributed by atoms with Crippen molar-refractivity contribution in [3.63, 3.8) is 0 Å². The van der Waals surface area contributed by atoms with Gasteiger partial charge in [-0.25, -0.2) is 0 Å². The van der Waals surface area contributed by atoms with E-state index in [9.17, 15) is 0 Å². The molecule has 0 bridgehead atoms. The van der Waals surface area contributed by atoms with E-state index < -0.39 is 0 Å². The molecule has 0 nitrogen and oxygen atoms in total. The predicted molar refractivity (Wildman–Crippen MR) is 344 cm³/mol. The van der Waals surface area contributed by atoms with Crippen molar-refractivity contribution < 1.29 is 1.43 Å². The summed E-state index contributed by atoms with van der Waals surface area (Å²) >= 11 is 0. The third-order valence-corrected chi connectivity index (χ3v) is 19.1. The third kappa shape index (κ3) is 5.22. The smallest absolute Gasteiger partial charge is 0 e. The molecule has 0 unspecified atom stereocenters. The maximum Gasteiger partial charge on any atom is 0 e. The van der Waals surface area contributed by atoms with Gasteiger partial charge < -0.3 is 0 Å². The Kier molecular flexibility index (Phi) is 7.71. The van der Waals surface area contributed by atoms with Crippen molar-refractivity contribution in [3.05, 3.63) is 255 Å². The SMILES string of the molecule is [2HH].c1ccc2cc3c(cc2c1)-c1ccc2c4ccc5c6c(ccc(c7ccc-3c1c27)c64)-c1cc2ccccc2cc1-5.c1ccc2cc3c(cc2c1)-c1cccc2c(-c4ccc5c6c(cccc46)-c4cc6ccccc6cc4-5)ccc-3c12. The Hall–Kier alpha value is -10.4. The predicted octanol–water partition coefficient (Wildman–Crippen LogP) is 22.8. The van der Waals surface area contributed by atoms with Crippen molar-refractivity contribution in [1.82, 2.24) is 0 Å². The van der Waals surface area contributed by atoms with Crippen LogP contribution in [0.4, 0.5) is 0 Å². The van der Waals surface area contributed by atoms with Crippen LogP contribution >= 0.6 is 0 Å². The van der Waals surface area contributed by atoms with E-state index in [2.05, 4.69) is 255 Å². The molecule has 364 valence electrons. The molecule has 0 N–H and O–H groups in total. The van der Waals surface area contributed by atoms with Crippen LogP contribution in [0.5, 0.6) is 0 Å². The lowest BCUT2D eigenvalue weighted by atomic mass is 9.86. The molecule has 0 spiro atoms. The van der Waals surface area contributed by atoms with Crippen molar-refractivity contribution in [3.8, 4) is 100 Å². The highest BCUT2D eigenvalue weighted by atomic mass is 14.3. The molecule has 0 saturated carbocycles. The molecule has 0 fully saturated rings. The minimum atomic E-state index is 0. The number of rotatable bonds is 1. The van der Waals surface area contributed by atoms with Gasteiger partial charge in [0.25, 0.3) is 0 Å². The van der Waals surface area contributed by atoms with Gasteiger partial charge in [-0.3, -0.25) is 0 Å². The summed E-state index contributed by atoms with van der Waals surface area (Å²) in [5.41, 5.74) is 24.3. The fraction of sp³-hybridized carbons (Fsp3) is 0. The van der Waals surface area contributed by atoms with Crippen LogP contribution in [0.15, 0.2) is 255 Å². The van der Waals surface area contributed by atoms with Gasteiger partial charge in [0.05, 0.1) is 0 Å². The Morgan fingerprint density at radius 1 is 0.125 bits per heavy atom. The largest absolute Gasteiger partial charge is 0.0616 e. The van der Waals surface area contributed by atoms with Gasteiger partial charge in [-0.15, -0.1) is 0 Å². The minimum absolute atomic E-state index is 0. The van der Waals surface area contributed by atoms with E-state index in [0.717, 1.165) is 0 Å². The minimum Gasteiger partial charge on any atom is -0.0616 e. The second kappa shape index (κ2) is 14.8. The molecule has 0 atom stereocenters. The average Bonchev–Trinajstić information content (AvgIpc) is 2.98. The van der Waals surface area contributed by atoms with E-state index in [1.807, 2.05) is 0 Å². The van der Waals surface area contributed by atoms with E-state index >= 15 is 0 Å². The van der Waals surface area contributed by atoms with E-state index in [1.165, 1.54) is 208 Å². The first-order chi connectivity index (χ1) is 39.7. The Morgan fingerprint density at radius 2 is 0.338 bits per heavy atom. The molecular formula is C80H44.